The maximum atomic E-state index is 11.2. The van der Waals surface area contributed by atoms with Gasteiger partial charge in [-0.3, -0.25) is 10.2 Å². The number of methoxy groups -OCH3 is 1. The molecule has 5 nitrogen and oxygen atoms in total. The number of ether oxygens (including phenoxy) is 1. The van der Waals surface area contributed by atoms with Crippen molar-refractivity contribution in [1.82, 2.24) is 10.9 Å². The average molecular weight is 272 g/mol. The molecule has 0 aromatic heterocycles. The standard InChI is InChI=1S/C12H24N2O3Si/c1-17-12(16)14-13-11(15)9-7-5-6-8-10-18(2,3)4/h5-6H,7-10H2,1-4H3,(H,13,15)(H,14,16)/b6-5+. The molecular formula is C12H24N2O3Si. The lowest BCUT2D eigenvalue weighted by Gasteiger charge is -2.13. The van der Waals surface area contributed by atoms with Crippen LogP contribution in [0.3, 0.4) is 0 Å². The summed E-state index contributed by atoms with van der Waals surface area (Å²) in [6.45, 7) is 7.02. The molecule has 2 N–H and O–H groups in total. The van der Waals surface area contributed by atoms with Crippen molar-refractivity contribution >= 4 is 20.1 Å². The molecule has 0 saturated carbocycles. The summed E-state index contributed by atoms with van der Waals surface area (Å²) in [5, 5.41) is 0. The molecule has 0 atom stereocenters. The summed E-state index contributed by atoms with van der Waals surface area (Å²) in [5.74, 6) is -0.227. The Bertz CT molecular complexity index is 298. The van der Waals surface area contributed by atoms with Gasteiger partial charge in [0.2, 0.25) is 5.91 Å². The number of hydrogen-bond acceptors (Lipinski definition) is 3. The zero-order valence-electron chi connectivity index (χ0n) is 11.7. The van der Waals surface area contributed by atoms with Gasteiger partial charge in [0.1, 0.15) is 0 Å². The van der Waals surface area contributed by atoms with Crippen molar-refractivity contribution in [3.05, 3.63) is 12.2 Å². The summed E-state index contributed by atoms with van der Waals surface area (Å²) < 4.78 is 4.32. The predicted octanol–water partition coefficient (Wildman–Crippen LogP) is 2.44. The topological polar surface area (TPSA) is 67.4 Å². The van der Waals surface area contributed by atoms with E-state index in [-0.39, 0.29) is 5.91 Å². The quantitative estimate of drug-likeness (QED) is 0.443. The predicted molar refractivity (Wildman–Crippen MR) is 74.8 cm³/mol. The summed E-state index contributed by atoms with van der Waals surface area (Å²) in [6.07, 6.45) is 5.58. The smallest absolute Gasteiger partial charge is 0.425 e. The zero-order chi connectivity index (χ0) is 14.0. The largest absolute Gasteiger partial charge is 0.452 e. The summed E-state index contributed by atoms with van der Waals surface area (Å²) in [6, 6.07) is 1.26. The van der Waals surface area contributed by atoms with Gasteiger partial charge in [-0.15, -0.1) is 0 Å². The lowest BCUT2D eigenvalue weighted by molar-refractivity contribution is -0.121. The lowest BCUT2D eigenvalue weighted by atomic mass is 10.2. The Hall–Kier alpha value is -1.30. The fourth-order valence-electron chi connectivity index (χ4n) is 1.20. The minimum absolute atomic E-state index is 0.227. The van der Waals surface area contributed by atoms with Crippen LogP contribution in [0.5, 0.6) is 0 Å². The number of allylic oxidation sites excluding steroid dienone is 2. The SMILES string of the molecule is COC(=O)NNC(=O)CC/C=C/CC[Si](C)(C)C. The summed E-state index contributed by atoms with van der Waals surface area (Å²) in [7, 11) is 0.278. The van der Waals surface area contributed by atoms with Gasteiger partial charge in [0, 0.05) is 14.5 Å². The van der Waals surface area contributed by atoms with E-state index in [1.54, 1.807) is 0 Å². The lowest BCUT2D eigenvalue weighted by Crippen LogP contribution is -2.41. The molecule has 0 aliphatic rings. The molecular weight excluding hydrogens is 248 g/mol. The van der Waals surface area contributed by atoms with Crippen molar-refractivity contribution in [2.45, 2.75) is 44.9 Å². The summed E-state index contributed by atoms with van der Waals surface area (Å²) in [4.78, 5) is 21.9. The van der Waals surface area contributed by atoms with Crippen molar-refractivity contribution < 1.29 is 14.3 Å². The van der Waals surface area contributed by atoms with Gasteiger partial charge in [0.25, 0.3) is 0 Å². The molecule has 0 rings (SSSR count). The monoisotopic (exact) mass is 272 g/mol. The van der Waals surface area contributed by atoms with Crippen LogP contribution in [0.2, 0.25) is 25.7 Å². The van der Waals surface area contributed by atoms with Crippen LogP contribution in [0.15, 0.2) is 12.2 Å². The van der Waals surface area contributed by atoms with Gasteiger partial charge in [0.15, 0.2) is 0 Å². The molecule has 0 aliphatic carbocycles. The first-order valence-electron chi connectivity index (χ1n) is 6.13. The number of hydrazine groups is 1. The molecule has 0 bridgehead atoms. The number of carbonyl (C=O) groups excluding carboxylic acids is 2. The van der Waals surface area contributed by atoms with Crippen LogP contribution in [-0.4, -0.2) is 27.2 Å². The van der Waals surface area contributed by atoms with Crippen molar-refractivity contribution in [2.75, 3.05) is 7.11 Å². The van der Waals surface area contributed by atoms with Crippen LogP contribution in [-0.2, 0) is 9.53 Å². The highest BCUT2D eigenvalue weighted by Gasteiger charge is 2.10. The van der Waals surface area contributed by atoms with Gasteiger partial charge in [-0.2, -0.15) is 0 Å². The number of rotatable bonds is 6. The second-order valence-electron chi connectivity index (χ2n) is 5.27. The van der Waals surface area contributed by atoms with E-state index in [9.17, 15) is 9.59 Å². The molecule has 104 valence electrons. The molecule has 0 fully saturated rings. The molecule has 2 amide bonds. The maximum absolute atomic E-state index is 11.2. The van der Waals surface area contributed by atoms with Crippen molar-refractivity contribution in [3.8, 4) is 0 Å². The van der Waals surface area contributed by atoms with E-state index in [0.717, 1.165) is 6.42 Å². The van der Waals surface area contributed by atoms with Crippen LogP contribution >= 0.6 is 0 Å². The van der Waals surface area contributed by atoms with Crippen molar-refractivity contribution in [1.29, 1.82) is 0 Å². The van der Waals surface area contributed by atoms with E-state index < -0.39 is 14.2 Å². The number of nitrogens with one attached hydrogen (secondary N) is 2. The third-order valence-corrected chi connectivity index (χ3v) is 4.04. The van der Waals surface area contributed by atoms with Gasteiger partial charge in [-0.05, 0) is 12.8 Å². The fourth-order valence-corrected chi connectivity index (χ4v) is 2.23. The van der Waals surface area contributed by atoms with Gasteiger partial charge < -0.3 is 4.74 Å². The highest BCUT2D eigenvalue weighted by atomic mass is 28.3. The van der Waals surface area contributed by atoms with E-state index >= 15 is 0 Å². The number of hydrogen-bond donors (Lipinski definition) is 2. The Balaban J connectivity index is 3.56. The van der Waals surface area contributed by atoms with Crippen LogP contribution < -0.4 is 10.9 Å². The maximum Gasteiger partial charge on any atom is 0.425 e. The number of amides is 2. The molecule has 0 unspecified atom stereocenters. The molecule has 0 heterocycles. The highest BCUT2D eigenvalue weighted by molar-refractivity contribution is 6.76. The first kappa shape index (κ1) is 16.7. The van der Waals surface area contributed by atoms with Gasteiger partial charge in [0.05, 0.1) is 7.11 Å². The molecule has 0 saturated heterocycles. The summed E-state index contributed by atoms with van der Waals surface area (Å²) >= 11 is 0. The van der Waals surface area contributed by atoms with E-state index in [1.165, 1.54) is 13.2 Å². The second-order valence-corrected chi connectivity index (χ2v) is 10.9. The minimum Gasteiger partial charge on any atom is -0.452 e. The summed E-state index contributed by atoms with van der Waals surface area (Å²) in [5.41, 5.74) is 4.38. The Morgan fingerprint density at radius 2 is 1.72 bits per heavy atom. The highest BCUT2D eigenvalue weighted by Crippen LogP contribution is 2.11. The normalized spacial score (nSPS) is 11.3. The van der Waals surface area contributed by atoms with Gasteiger partial charge in [-0.25, -0.2) is 10.2 Å². The average Bonchev–Trinajstić information content (AvgIpc) is 2.29. The molecule has 0 aromatic carbocycles. The first-order valence-corrected chi connectivity index (χ1v) is 9.83. The van der Waals surface area contributed by atoms with Gasteiger partial charge in [-0.1, -0.05) is 37.8 Å². The Labute approximate surface area is 110 Å². The van der Waals surface area contributed by atoms with Crippen molar-refractivity contribution in [2.24, 2.45) is 0 Å². The Kier molecular flexibility index (Phi) is 8.11. The molecule has 0 radical (unpaired) electrons. The molecule has 18 heavy (non-hydrogen) atoms. The first-order chi connectivity index (χ1) is 8.35. The molecule has 0 aromatic rings. The third kappa shape index (κ3) is 11.2. The molecule has 0 spiro atoms. The Morgan fingerprint density at radius 1 is 1.11 bits per heavy atom. The van der Waals surface area contributed by atoms with Crippen molar-refractivity contribution in [3.63, 3.8) is 0 Å². The van der Waals surface area contributed by atoms with Crippen LogP contribution in [0.1, 0.15) is 19.3 Å². The van der Waals surface area contributed by atoms with E-state index in [1.807, 2.05) is 6.08 Å². The van der Waals surface area contributed by atoms with E-state index in [2.05, 4.69) is 41.3 Å². The minimum atomic E-state index is -0.961. The molecule has 6 heteroatoms. The van der Waals surface area contributed by atoms with E-state index in [0.29, 0.717) is 12.8 Å². The second kappa shape index (κ2) is 8.74. The van der Waals surface area contributed by atoms with E-state index in [4.69, 9.17) is 0 Å². The Morgan fingerprint density at radius 3 is 2.28 bits per heavy atom. The van der Waals surface area contributed by atoms with Crippen LogP contribution in [0.25, 0.3) is 0 Å². The number of carbonyl (C=O) groups is 2. The van der Waals surface area contributed by atoms with Gasteiger partial charge >= 0.3 is 6.09 Å². The zero-order valence-corrected chi connectivity index (χ0v) is 12.7. The third-order valence-electron chi connectivity index (χ3n) is 2.26. The van der Waals surface area contributed by atoms with Crippen LogP contribution in [0, 0.1) is 0 Å². The molecule has 0 aliphatic heterocycles. The fraction of sp³-hybridized carbons (Fsp3) is 0.667. The van der Waals surface area contributed by atoms with Crippen LogP contribution in [0.4, 0.5) is 4.79 Å².